The minimum Gasteiger partial charge on any atom is -0.356 e. The maximum Gasteiger partial charge on any atom is 0.233 e. The van der Waals surface area contributed by atoms with Gasteiger partial charge in [0.1, 0.15) is 5.69 Å². The van der Waals surface area contributed by atoms with E-state index in [9.17, 15) is 0 Å². The normalized spacial score (nSPS) is 11.3. The lowest BCUT2D eigenvalue weighted by molar-refractivity contribution is 0.380. The summed E-state index contributed by atoms with van der Waals surface area (Å²) < 4.78 is 12.2. The van der Waals surface area contributed by atoms with Crippen LogP contribution in [-0.4, -0.2) is 25.1 Å². The van der Waals surface area contributed by atoms with Crippen LogP contribution in [0.5, 0.6) is 0 Å². The summed E-state index contributed by atoms with van der Waals surface area (Å²) in [5.41, 5.74) is 2.35. The van der Waals surface area contributed by atoms with Crippen LogP contribution in [-0.2, 0) is 13.5 Å². The van der Waals surface area contributed by atoms with Crippen molar-refractivity contribution in [3.63, 3.8) is 0 Å². The van der Waals surface area contributed by atoms with E-state index in [0.29, 0.717) is 18.1 Å². The van der Waals surface area contributed by atoms with E-state index in [1.54, 1.807) is 10.9 Å². The summed E-state index contributed by atoms with van der Waals surface area (Å²) in [6.45, 7) is 0. The minimum atomic E-state index is 0.435. The van der Waals surface area contributed by atoms with Gasteiger partial charge in [0.2, 0.25) is 11.7 Å². The topological polar surface area (TPSA) is 82.8 Å². The molecule has 1 aromatic carbocycles. The summed E-state index contributed by atoms with van der Waals surface area (Å²) in [7, 11) is 1.84. The molecule has 0 fully saturated rings. The Hall–Kier alpha value is -2.96. The van der Waals surface area contributed by atoms with Crippen molar-refractivity contribution in [2.45, 2.75) is 6.42 Å². The lowest BCUT2D eigenvalue weighted by atomic mass is 10.2. The van der Waals surface area contributed by atoms with Crippen LogP contribution in [0.15, 0.2) is 45.7 Å². The lowest BCUT2D eigenvalue weighted by Crippen LogP contribution is -1.89. The molecule has 7 heteroatoms. The first-order chi connectivity index (χ1) is 10.3. The van der Waals surface area contributed by atoms with Crippen molar-refractivity contribution in [2.24, 2.45) is 7.05 Å². The smallest absolute Gasteiger partial charge is 0.233 e. The number of benzene rings is 1. The molecule has 0 saturated carbocycles. The molecule has 0 bridgehead atoms. The highest BCUT2D eigenvalue weighted by Gasteiger charge is 2.14. The molecule has 0 atom stereocenters. The van der Waals surface area contributed by atoms with Crippen molar-refractivity contribution >= 4 is 11.0 Å². The molecule has 4 aromatic rings. The molecule has 0 amide bonds. The van der Waals surface area contributed by atoms with Crippen molar-refractivity contribution < 1.29 is 9.05 Å². The van der Waals surface area contributed by atoms with Gasteiger partial charge in [0.05, 0.1) is 18.2 Å². The number of hydrogen-bond donors (Lipinski definition) is 0. The van der Waals surface area contributed by atoms with Crippen LogP contribution in [0.1, 0.15) is 11.6 Å². The molecule has 104 valence electrons. The molecule has 0 unspecified atom stereocenters. The van der Waals surface area contributed by atoms with Crippen molar-refractivity contribution in [1.82, 2.24) is 25.1 Å². The van der Waals surface area contributed by atoms with Gasteiger partial charge in [0, 0.05) is 18.6 Å². The van der Waals surface area contributed by atoms with E-state index >= 15 is 0 Å². The third kappa shape index (κ3) is 2.08. The fourth-order valence-electron chi connectivity index (χ4n) is 2.19. The van der Waals surface area contributed by atoms with E-state index in [1.807, 2.05) is 37.5 Å². The van der Waals surface area contributed by atoms with Gasteiger partial charge in [-0.3, -0.25) is 4.68 Å². The number of rotatable bonds is 3. The predicted octanol–water partition coefficient (Wildman–Crippen LogP) is 2.20. The SMILES string of the molecule is Cn1cc(-c2noc(Cc3noc4ccccc34)n2)cn1. The average Bonchev–Trinajstić information content (AvgIpc) is 3.20. The standard InChI is InChI=1S/C14H11N5O2/c1-19-8-9(7-15-19)14-16-13(21-18-14)6-11-10-4-2-3-5-12(10)20-17-11/h2-5,7-8H,6H2,1H3. The largest absolute Gasteiger partial charge is 0.356 e. The number of nitrogens with zero attached hydrogens (tertiary/aromatic N) is 5. The number of aryl methyl sites for hydroxylation is 1. The lowest BCUT2D eigenvalue weighted by Gasteiger charge is -1.89. The summed E-state index contributed by atoms with van der Waals surface area (Å²) in [4.78, 5) is 4.36. The van der Waals surface area contributed by atoms with Gasteiger partial charge in [-0.25, -0.2) is 0 Å². The Balaban J connectivity index is 1.64. The van der Waals surface area contributed by atoms with E-state index in [-0.39, 0.29) is 0 Å². The van der Waals surface area contributed by atoms with E-state index in [1.165, 1.54) is 0 Å². The highest BCUT2D eigenvalue weighted by molar-refractivity contribution is 5.79. The van der Waals surface area contributed by atoms with Crippen LogP contribution < -0.4 is 0 Å². The van der Waals surface area contributed by atoms with Gasteiger partial charge in [-0.1, -0.05) is 22.4 Å². The highest BCUT2D eigenvalue weighted by Crippen LogP contribution is 2.21. The number of para-hydroxylation sites is 1. The number of hydrogen-bond acceptors (Lipinski definition) is 6. The Morgan fingerprint density at radius 2 is 2.05 bits per heavy atom. The van der Waals surface area contributed by atoms with Crippen molar-refractivity contribution in [3.05, 3.63) is 48.2 Å². The average molecular weight is 281 g/mol. The van der Waals surface area contributed by atoms with Gasteiger partial charge < -0.3 is 9.05 Å². The molecule has 7 nitrogen and oxygen atoms in total. The molecule has 0 aliphatic carbocycles. The van der Waals surface area contributed by atoms with Crippen LogP contribution in [0.3, 0.4) is 0 Å². The molecule has 4 rings (SSSR count). The number of aromatic nitrogens is 5. The van der Waals surface area contributed by atoms with Gasteiger partial charge in [-0.2, -0.15) is 10.1 Å². The predicted molar refractivity (Wildman–Crippen MR) is 73.3 cm³/mol. The molecule has 0 N–H and O–H groups in total. The third-order valence-electron chi connectivity index (χ3n) is 3.20. The molecule has 3 aromatic heterocycles. The van der Waals surface area contributed by atoms with Crippen molar-refractivity contribution in [3.8, 4) is 11.4 Å². The second-order valence-corrected chi connectivity index (χ2v) is 4.72. The molecular weight excluding hydrogens is 270 g/mol. The van der Waals surface area contributed by atoms with Gasteiger partial charge in [-0.05, 0) is 12.1 Å². The summed E-state index contributed by atoms with van der Waals surface area (Å²) in [6.07, 6.45) is 3.96. The van der Waals surface area contributed by atoms with Gasteiger partial charge in [0.25, 0.3) is 0 Å². The van der Waals surface area contributed by atoms with Gasteiger partial charge >= 0.3 is 0 Å². The van der Waals surface area contributed by atoms with Crippen molar-refractivity contribution in [1.29, 1.82) is 0 Å². The zero-order valence-electron chi connectivity index (χ0n) is 11.2. The molecular formula is C14H11N5O2. The fraction of sp³-hybridized carbons (Fsp3) is 0.143. The zero-order chi connectivity index (χ0) is 14.2. The first-order valence-corrected chi connectivity index (χ1v) is 6.44. The van der Waals surface area contributed by atoms with Crippen LogP contribution >= 0.6 is 0 Å². The Kier molecular flexibility index (Phi) is 2.56. The Labute approximate surface area is 119 Å². The van der Waals surface area contributed by atoms with E-state index < -0.39 is 0 Å². The quantitative estimate of drug-likeness (QED) is 0.572. The first-order valence-electron chi connectivity index (χ1n) is 6.44. The summed E-state index contributed by atoms with van der Waals surface area (Å²) >= 11 is 0. The molecule has 0 aliphatic heterocycles. The molecule has 0 saturated heterocycles. The van der Waals surface area contributed by atoms with Gasteiger partial charge in [-0.15, -0.1) is 0 Å². The Morgan fingerprint density at radius 1 is 1.14 bits per heavy atom. The first kappa shape index (κ1) is 11.8. The van der Waals surface area contributed by atoms with E-state index in [4.69, 9.17) is 9.05 Å². The molecule has 21 heavy (non-hydrogen) atoms. The molecule has 3 heterocycles. The highest BCUT2D eigenvalue weighted by atomic mass is 16.5. The monoisotopic (exact) mass is 281 g/mol. The second kappa shape index (κ2) is 4.55. The molecule has 0 aliphatic rings. The molecule has 0 radical (unpaired) electrons. The number of fused-ring (bicyclic) bond motifs is 1. The maximum absolute atomic E-state index is 5.27. The van der Waals surface area contributed by atoms with Gasteiger partial charge in [0.15, 0.2) is 5.58 Å². The maximum atomic E-state index is 5.27. The second-order valence-electron chi connectivity index (χ2n) is 4.72. The van der Waals surface area contributed by atoms with Crippen LogP contribution in [0.4, 0.5) is 0 Å². The van der Waals surface area contributed by atoms with Crippen LogP contribution in [0.25, 0.3) is 22.4 Å². The fourth-order valence-corrected chi connectivity index (χ4v) is 2.19. The minimum absolute atomic E-state index is 0.435. The van der Waals surface area contributed by atoms with E-state index in [0.717, 1.165) is 22.2 Å². The Bertz CT molecular complexity index is 905. The molecule has 0 spiro atoms. The Morgan fingerprint density at radius 3 is 2.90 bits per heavy atom. The van der Waals surface area contributed by atoms with Crippen LogP contribution in [0.2, 0.25) is 0 Å². The summed E-state index contributed by atoms with van der Waals surface area (Å²) in [6, 6.07) is 7.68. The van der Waals surface area contributed by atoms with E-state index in [2.05, 4.69) is 20.4 Å². The third-order valence-corrected chi connectivity index (χ3v) is 3.20. The van der Waals surface area contributed by atoms with Crippen LogP contribution in [0, 0.1) is 0 Å². The van der Waals surface area contributed by atoms with Crippen molar-refractivity contribution in [2.75, 3.05) is 0 Å². The summed E-state index contributed by atoms with van der Waals surface area (Å²) in [5.74, 6) is 1.01. The summed E-state index contributed by atoms with van der Waals surface area (Å²) in [5, 5.41) is 13.1. The zero-order valence-corrected chi connectivity index (χ0v) is 11.2.